The largest absolute Gasteiger partial charge is 0.497 e. The highest BCUT2D eigenvalue weighted by molar-refractivity contribution is 6.06. The van der Waals surface area contributed by atoms with Gasteiger partial charge in [-0.2, -0.15) is 0 Å². The second-order valence-electron chi connectivity index (χ2n) is 7.72. The Balaban J connectivity index is 1.41. The average Bonchev–Trinajstić information content (AvgIpc) is 3.21. The molecule has 0 spiro atoms. The number of carbonyl (C=O) groups excluding carboxylic acids is 1. The van der Waals surface area contributed by atoms with Crippen molar-refractivity contribution < 1.29 is 13.9 Å². The van der Waals surface area contributed by atoms with Crippen molar-refractivity contribution in [2.24, 2.45) is 0 Å². The van der Waals surface area contributed by atoms with Crippen molar-refractivity contribution in [3.05, 3.63) is 102 Å². The molecule has 5 heteroatoms. The lowest BCUT2D eigenvalue weighted by molar-refractivity contribution is 0.0998. The molecule has 5 rings (SSSR count). The lowest BCUT2D eigenvalue weighted by Crippen LogP contribution is -2.12. The number of methoxy groups -OCH3 is 1. The van der Waals surface area contributed by atoms with Crippen LogP contribution in [-0.4, -0.2) is 18.0 Å². The molecule has 33 heavy (non-hydrogen) atoms. The van der Waals surface area contributed by atoms with Gasteiger partial charge in [0.2, 0.25) is 0 Å². The Kier molecular flexibility index (Phi) is 5.37. The zero-order chi connectivity index (χ0) is 22.8. The first-order valence-electron chi connectivity index (χ1n) is 10.6. The first-order chi connectivity index (χ1) is 16.1. The summed E-state index contributed by atoms with van der Waals surface area (Å²) in [6.45, 7) is 1.89. The zero-order valence-electron chi connectivity index (χ0n) is 18.3. The molecule has 0 saturated carbocycles. The van der Waals surface area contributed by atoms with Crippen LogP contribution in [0.15, 0.2) is 95.4 Å². The first-order valence-corrected chi connectivity index (χ1v) is 10.6. The number of ether oxygens (including phenoxy) is 1. The lowest BCUT2D eigenvalue weighted by atomic mass is 10.1. The Morgan fingerprint density at radius 2 is 1.58 bits per heavy atom. The molecule has 0 bridgehead atoms. The standard InChI is InChI=1S/C28H22N2O3/c1-18-23-9-3-4-12-26(23)33-27(18)28(31)29-21-8-5-7-20(17-21)25-11-6-10-24(30-25)19-13-15-22(32-2)16-14-19/h3-17H,1-2H3,(H,29,31). The van der Waals surface area contributed by atoms with Gasteiger partial charge in [0, 0.05) is 27.8 Å². The number of furan rings is 1. The Morgan fingerprint density at radius 1 is 0.848 bits per heavy atom. The highest BCUT2D eigenvalue weighted by atomic mass is 16.5. The maximum Gasteiger partial charge on any atom is 0.291 e. The average molecular weight is 434 g/mol. The van der Waals surface area contributed by atoms with Crippen molar-refractivity contribution in [2.45, 2.75) is 6.92 Å². The number of amides is 1. The quantitative estimate of drug-likeness (QED) is 0.333. The van der Waals surface area contributed by atoms with Gasteiger partial charge in [0.05, 0.1) is 18.5 Å². The molecule has 0 saturated heterocycles. The van der Waals surface area contributed by atoms with Crippen LogP contribution in [0, 0.1) is 6.92 Å². The number of benzene rings is 3. The Labute approximate surface area is 191 Å². The van der Waals surface area contributed by atoms with E-state index in [0.717, 1.165) is 39.2 Å². The number of aryl methyl sites for hydroxylation is 1. The van der Waals surface area contributed by atoms with Crippen LogP contribution in [0.25, 0.3) is 33.5 Å². The van der Waals surface area contributed by atoms with Crippen LogP contribution in [0.4, 0.5) is 5.69 Å². The number of rotatable bonds is 5. The van der Waals surface area contributed by atoms with Gasteiger partial charge in [0.1, 0.15) is 11.3 Å². The minimum Gasteiger partial charge on any atom is -0.497 e. The second kappa shape index (κ2) is 8.63. The summed E-state index contributed by atoms with van der Waals surface area (Å²) in [4.78, 5) is 17.7. The number of para-hydroxylation sites is 1. The number of aromatic nitrogens is 1. The lowest BCUT2D eigenvalue weighted by Gasteiger charge is -2.09. The Bertz CT molecular complexity index is 1450. The molecule has 2 aromatic heterocycles. The van der Waals surface area contributed by atoms with Crippen LogP contribution in [0.3, 0.4) is 0 Å². The summed E-state index contributed by atoms with van der Waals surface area (Å²) in [5.74, 6) is 0.847. The monoisotopic (exact) mass is 434 g/mol. The summed E-state index contributed by atoms with van der Waals surface area (Å²) in [6.07, 6.45) is 0. The molecular formula is C28H22N2O3. The van der Waals surface area contributed by atoms with E-state index in [9.17, 15) is 4.79 Å². The van der Waals surface area contributed by atoms with E-state index in [-0.39, 0.29) is 5.91 Å². The summed E-state index contributed by atoms with van der Waals surface area (Å²) in [7, 11) is 1.65. The number of hydrogen-bond donors (Lipinski definition) is 1. The molecule has 0 aliphatic carbocycles. The third kappa shape index (κ3) is 4.08. The van der Waals surface area contributed by atoms with E-state index in [2.05, 4.69) is 5.32 Å². The van der Waals surface area contributed by atoms with Crippen molar-refractivity contribution in [1.82, 2.24) is 4.98 Å². The number of nitrogens with one attached hydrogen (secondary N) is 1. The molecule has 2 heterocycles. The van der Waals surface area contributed by atoms with Crippen molar-refractivity contribution in [2.75, 3.05) is 12.4 Å². The van der Waals surface area contributed by atoms with E-state index in [1.165, 1.54) is 0 Å². The summed E-state index contributed by atoms with van der Waals surface area (Å²) in [5.41, 5.74) is 5.80. The van der Waals surface area contributed by atoms with Crippen LogP contribution in [0.1, 0.15) is 16.1 Å². The van der Waals surface area contributed by atoms with Crippen molar-refractivity contribution in [3.8, 4) is 28.3 Å². The molecule has 5 nitrogen and oxygen atoms in total. The normalized spacial score (nSPS) is 10.8. The van der Waals surface area contributed by atoms with E-state index < -0.39 is 0 Å². The predicted molar refractivity (Wildman–Crippen MR) is 131 cm³/mol. The van der Waals surface area contributed by atoms with Crippen molar-refractivity contribution in [1.29, 1.82) is 0 Å². The summed E-state index contributed by atoms with van der Waals surface area (Å²) < 4.78 is 11.0. The van der Waals surface area contributed by atoms with Gasteiger partial charge in [-0.1, -0.05) is 36.4 Å². The molecule has 0 unspecified atom stereocenters. The molecule has 1 amide bonds. The van der Waals surface area contributed by atoms with E-state index in [1.807, 2.05) is 97.9 Å². The molecule has 0 aliphatic heterocycles. The molecule has 162 valence electrons. The Morgan fingerprint density at radius 3 is 2.33 bits per heavy atom. The number of pyridine rings is 1. The molecule has 3 aromatic carbocycles. The molecule has 5 aromatic rings. The van der Waals surface area contributed by atoms with Crippen LogP contribution >= 0.6 is 0 Å². The summed E-state index contributed by atoms with van der Waals surface area (Å²) >= 11 is 0. The fourth-order valence-electron chi connectivity index (χ4n) is 3.85. The fourth-order valence-corrected chi connectivity index (χ4v) is 3.85. The van der Waals surface area contributed by atoms with Crippen LogP contribution in [0.5, 0.6) is 5.75 Å². The molecule has 0 fully saturated rings. The van der Waals surface area contributed by atoms with Gasteiger partial charge in [-0.25, -0.2) is 4.98 Å². The number of hydrogen-bond acceptors (Lipinski definition) is 4. The predicted octanol–water partition coefficient (Wildman–Crippen LogP) is 6.73. The van der Waals surface area contributed by atoms with Gasteiger partial charge in [-0.05, 0) is 61.5 Å². The number of fused-ring (bicyclic) bond motifs is 1. The van der Waals surface area contributed by atoms with E-state index in [1.54, 1.807) is 7.11 Å². The smallest absolute Gasteiger partial charge is 0.291 e. The molecule has 1 N–H and O–H groups in total. The molecular weight excluding hydrogens is 412 g/mol. The van der Waals surface area contributed by atoms with Crippen molar-refractivity contribution >= 4 is 22.6 Å². The number of anilines is 1. The van der Waals surface area contributed by atoms with Gasteiger partial charge < -0.3 is 14.5 Å². The molecule has 0 atom stereocenters. The maximum absolute atomic E-state index is 12.9. The maximum atomic E-state index is 12.9. The number of carbonyl (C=O) groups is 1. The van der Waals surface area contributed by atoms with E-state index in [0.29, 0.717) is 17.0 Å². The van der Waals surface area contributed by atoms with Crippen LogP contribution in [0.2, 0.25) is 0 Å². The van der Waals surface area contributed by atoms with Crippen LogP contribution < -0.4 is 10.1 Å². The Hall–Kier alpha value is -4.38. The van der Waals surface area contributed by atoms with E-state index >= 15 is 0 Å². The second-order valence-corrected chi connectivity index (χ2v) is 7.72. The molecule has 0 radical (unpaired) electrons. The topological polar surface area (TPSA) is 64.4 Å². The number of nitrogens with zero attached hydrogens (tertiary/aromatic N) is 1. The minimum absolute atomic E-state index is 0.277. The highest BCUT2D eigenvalue weighted by Gasteiger charge is 2.17. The zero-order valence-corrected chi connectivity index (χ0v) is 18.3. The highest BCUT2D eigenvalue weighted by Crippen LogP contribution is 2.28. The van der Waals surface area contributed by atoms with Gasteiger partial charge >= 0.3 is 0 Å². The van der Waals surface area contributed by atoms with Crippen molar-refractivity contribution in [3.63, 3.8) is 0 Å². The van der Waals surface area contributed by atoms with Gasteiger partial charge in [0.15, 0.2) is 5.76 Å². The molecule has 0 aliphatic rings. The fraction of sp³-hybridized carbons (Fsp3) is 0.0714. The van der Waals surface area contributed by atoms with E-state index in [4.69, 9.17) is 14.1 Å². The summed E-state index contributed by atoms with van der Waals surface area (Å²) in [6, 6.07) is 29.0. The SMILES string of the molecule is COc1ccc(-c2cccc(-c3cccc(NC(=O)c4oc5ccccc5c4C)c3)n2)cc1. The first kappa shape index (κ1) is 20.5. The minimum atomic E-state index is -0.277. The van der Waals surface area contributed by atoms with Gasteiger partial charge in [0.25, 0.3) is 5.91 Å². The van der Waals surface area contributed by atoms with Crippen LogP contribution in [-0.2, 0) is 0 Å². The van der Waals surface area contributed by atoms with Gasteiger partial charge in [-0.15, -0.1) is 0 Å². The summed E-state index contributed by atoms with van der Waals surface area (Å²) in [5, 5.41) is 3.90. The third-order valence-electron chi connectivity index (χ3n) is 5.60. The third-order valence-corrected chi connectivity index (χ3v) is 5.60. The van der Waals surface area contributed by atoms with Gasteiger partial charge in [-0.3, -0.25) is 4.79 Å².